The van der Waals surface area contributed by atoms with Gasteiger partial charge in [-0.1, -0.05) is 74.3 Å². The van der Waals surface area contributed by atoms with Crippen molar-refractivity contribution in [1.29, 1.82) is 0 Å². The molecule has 0 aliphatic heterocycles. The summed E-state index contributed by atoms with van der Waals surface area (Å²) in [5.74, 6) is 0.727. The molecule has 0 fully saturated rings. The van der Waals surface area contributed by atoms with Gasteiger partial charge in [-0.05, 0) is 30.3 Å². The Morgan fingerprint density at radius 1 is 0.625 bits per heavy atom. The molecule has 4 heteroatoms. The zero-order chi connectivity index (χ0) is 16.5. The molecule has 0 atom stereocenters. The van der Waals surface area contributed by atoms with Crippen LogP contribution in [-0.4, -0.2) is 9.97 Å². The molecule has 0 aliphatic rings. The van der Waals surface area contributed by atoms with Crippen LogP contribution in [0.25, 0.3) is 33.5 Å². The van der Waals surface area contributed by atoms with E-state index in [1.54, 1.807) is 0 Å². The molecule has 1 aromatic heterocycles. The lowest BCUT2D eigenvalue weighted by atomic mass is 10.1. The molecule has 0 amide bonds. The highest BCUT2D eigenvalue weighted by molar-refractivity contribution is 9.10. The third-order valence-corrected chi connectivity index (χ3v) is 4.77. The molecule has 3 aromatic carbocycles. The smallest absolute Gasteiger partial charge is 0.160 e. The Morgan fingerprint density at radius 2 is 1.29 bits per heavy atom. The van der Waals surface area contributed by atoms with Crippen molar-refractivity contribution >= 4 is 42.8 Å². The van der Waals surface area contributed by atoms with Gasteiger partial charge in [-0.3, -0.25) is 0 Å². The standard InChI is InChI=1S/C20H12Br2N2/c21-15-7-3-5-13(11-15)19-17-9-1-2-10-18(17)23-20(24-19)14-6-4-8-16(22)12-14/h1-12H. The number of nitrogens with zero attached hydrogens (tertiary/aromatic N) is 2. The number of para-hydroxylation sites is 1. The number of hydrogen-bond acceptors (Lipinski definition) is 2. The van der Waals surface area contributed by atoms with Gasteiger partial charge in [-0.25, -0.2) is 9.97 Å². The van der Waals surface area contributed by atoms with Crippen molar-refractivity contribution in [3.8, 4) is 22.6 Å². The summed E-state index contributed by atoms with van der Waals surface area (Å²) in [7, 11) is 0. The molecule has 4 rings (SSSR count). The van der Waals surface area contributed by atoms with Gasteiger partial charge < -0.3 is 0 Å². The minimum Gasteiger partial charge on any atom is -0.228 e. The molecule has 0 bridgehead atoms. The van der Waals surface area contributed by atoms with Crippen LogP contribution in [0.15, 0.2) is 81.7 Å². The first-order valence-corrected chi connectivity index (χ1v) is 9.08. The van der Waals surface area contributed by atoms with Crippen molar-refractivity contribution in [2.75, 3.05) is 0 Å². The lowest BCUT2D eigenvalue weighted by molar-refractivity contribution is 1.23. The predicted molar refractivity (Wildman–Crippen MR) is 106 cm³/mol. The van der Waals surface area contributed by atoms with Crippen LogP contribution in [0.4, 0.5) is 0 Å². The number of hydrogen-bond donors (Lipinski definition) is 0. The molecule has 0 aliphatic carbocycles. The number of halogens is 2. The van der Waals surface area contributed by atoms with E-state index < -0.39 is 0 Å². The number of benzene rings is 3. The van der Waals surface area contributed by atoms with Crippen molar-refractivity contribution in [3.05, 3.63) is 81.7 Å². The Balaban J connectivity index is 2.01. The van der Waals surface area contributed by atoms with Gasteiger partial charge in [-0.15, -0.1) is 0 Å². The molecule has 0 spiro atoms. The molecular formula is C20H12Br2N2. The van der Waals surface area contributed by atoms with Gasteiger partial charge in [0, 0.05) is 25.5 Å². The van der Waals surface area contributed by atoms with E-state index in [1.165, 1.54) is 0 Å². The summed E-state index contributed by atoms with van der Waals surface area (Å²) in [6, 6.07) is 24.4. The molecule has 0 N–H and O–H groups in total. The first-order valence-electron chi connectivity index (χ1n) is 7.49. The lowest BCUT2D eigenvalue weighted by Gasteiger charge is -2.10. The van der Waals surface area contributed by atoms with Gasteiger partial charge in [-0.2, -0.15) is 0 Å². The van der Waals surface area contributed by atoms with Crippen molar-refractivity contribution < 1.29 is 0 Å². The largest absolute Gasteiger partial charge is 0.228 e. The van der Waals surface area contributed by atoms with Gasteiger partial charge in [0.1, 0.15) is 0 Å². The predicted octanol–water partition coefficient (Wildman–Crippen LogP) is 6.49. The van der Waals surface area contributed by atoms with E-state index in [4.69, 9.17) is 9.97 Å². The molecule has 24 heavy (non-hydrogen) atoms. The van der Waals surface area contributed by atoms with Gasteiger partial charge in [0.05, 0.1) is 11.2 Å². The van der Waals surface area contributed by atoms with E-state index in [9.17, 15) is 0 Å². The second kappa shape index (κ2) is 6.46. The highest BCUT2D eigenvalue weighted by Gasteiger charge is 2.11. The van der Waals surface area contributed by atoms with Crippen LogP contribution in [0.3, 0.4) is 0 Å². The maximum absolute atomic E-state index is 4.87. The molecule has 0 radical (unpaired) electrons. The molecular weight excluding hydrogens is 428 g/mol. The van der Waals surface area contributed by atoms with Crippen molar-refractivity contribution in [1.82, 2.24) is 9.97 Å². The number of aromatic nitrogens is 2. The fourth-order valence-corrected chi connectivity index (χ4v) is 3.49. The highest BCUT2D eigenvalue weighted by atomic mass is 79.9. The maximum atomic E-state index is 4.87. The second-order valence-corrected chi connectivity index (χ2v) is 7.27. The van der Waals surface area contributed by atoms with Gasteiger partial charge in [0.15, 0.2) is 5.82 Å². The van der Waals surface area contributed by atoms with Crippen LogP contribution < -0.4 is 0 Å². The van der Waals surface area contributed by atoms with Crippen molar-refractivity contribution in [2.45, 2.75) is 0 Å². The van der Waals surface area contributed by atoms with Crippen LogP contribution in [0.5, 0.6) is 0 Å². The summed E-state index contributed by atoms with van der Waals surface area (Å²) >= 11 is 7.07. The average Bonchev–Trinajstić information content (AvgIpc) is 2.61. The monoisotopic (exact) mass is 438 g/mol. The van der Waals surface area contributed by atoms with Crippen molar-refractivity contribution in [3.63, 3.8) is 0 Å². The SMILES string of the molecule is Brc1cccc(-c2nc(-c3cccc(Br)c3)c3ccccc3n2)c1. The minimum absolute atomic E-state index is 0.727. The molecule has 0 unspecified atom stereocenters. The van der Waals surface area contributed by atoms with E-state index in [0.29, 0.717) is 0 Å². The Hall–Kier alpha value is -2.04. The molecule has 0 saturated carbocycles. The van der Waals surface area contributed by atoms with E-state index >= 15 is 0 Å². The lowest BCUT2D eigenvalue weighted by Crippen LogP contribution is -1.95. The fourth-order valence-electron chi connectivity index (χ4n) is 2.69. The van der Waals surface area contributed by atoms with Crippen LogP contribution in [-0.2, 0) is 0 Å². The first-order chi connectivity index (χ1) is 11.7. The quantitative estimate of drug-likeness (QED) is 0.356. The number of fused-ring (bicyclic) bond motifs is 1. The zero-order valence-corrected chi connectivity index (χ0v) is 15.8. The van der Waals surface area contributed by atoms with Crippen LogP contribution >= 0.6 is 31.9 Å². The third kappa shape index (κ3) is 2.99. The van der Waals surface area contributed by atoms with E-state index in [2.05, 4.69) is 50.1 Å². The fraction of sp³-hybridized carbons (Fsp3) is 0. The topological polar surface area (TPSA) is 25.8 Å². The minimum atomic E-state index is 0.727. The summed E-state index contributed by atoms with van der Waals surface area (Å²) in [4.78, 5) is 9.62. The van der Waals surface area contributed by atoms with Gasteiger partial charge >= 0.3 is 0 Å². The Labute approximate surface area is 156 Å². The molecule has 1 heterocycles. The summed E-state index contributed by atoms with van der Waals surface area (Å²) < 4.78 is 2.05. The number of rotatable bonds is 2. The molecule has 0 saturated heterocycles. The van der Waals surface area contributed by atoms with Crippen molar-refractivity contribution in [2.24, 2.45) is 0 Å². The van der Waals surface area contributed by atoms with Gasteiger partial charge in [0.25, 0.3) is 0 Å². The zero-order valence-electron chi connectivity index (χ0n) is 12.6. The summed E-state index contributed by atoms with van der Waals surface area (Å²) in [5.41, 5.74) is 3.94. The molecule has 116 valence electrons. The summed E-state index contributed by atoms with van der Waals surface area (Å²) in [6.07, 6.45) is 0. The second-order valence-electron chi connectivity index (χ2n) is 5.43. The Kier molecular flexibility index (Phi) is 4.17. The van der Waals surface area contributed by atoms with E-state index in [-0.39, 0.29) is 0 Å². The van der Waals surface area contributed by atoms with E-state index in [0.717, 1.165) is 42.5 Å². The Bertz CT molecular complexity index is 1040. The molecule has 4 aromatic rings. The average molecular weight is 440 g/mol. The maximum Gasteiger partial charge on any atom is 0.160 e. The van der Waals surface area contributed by atoms with Crippen LogP contribution in [0.1, 0.15) is 0 Å². The Morgan fingerprint density at radius 3 is 2.04 bits per heavy atom. The van der Waals surface area contributed by atoms with Crippen LogP contribution in [0.2, 0.25) is 0 Å². The molecule has 2 nitrogen and oxygen atoms in total. The summed E-state index contributed by atoms with van der Waals surface area (Å²) in [6.45, 7) is 0. The first kappa shape index (κ1) is 15.5. The highest BCUT2D eigenvalue weighted by Crippen LogP contribution is 2.30. The normalized spacial score (nSPS) is 10.9. The summed E-state index contributed by atoms with van der Waals surface area (Å²) in [5, 5.41) is 1.05. The van der Waals surface area contributed by atoms with E-state index in [1.807, 2.05) is 54.6 Å². The van der Waals surface area contributed by atoms with Gasteiger partial charge in [0.2, 0.25) is 0 Å². The third-order valence-electron chi connectivity index (χ3n) is 3.78. The van der Waals surface area contributed by atoms with Crippen LogP contribution in [0, 0.1) is 0 Å².